The summed E-state index contributed by atoms with van der Waals surface area (Å²) in [6.45, 7) is 4.06. The zero-order chi connectivity index (χ0) is 18.0. The molecule has 0 saturated heterocycles. The van der Waals surface area contributed by atoms with Crippen LogP contribution in [0, 0.1) is 0 Å². The second-order valence-electron chi connectivity index (χ2n) is 5.90. The Balaban J connectivity index is 1.65. The predicted octanol–water partition coefficient (Wildman–Crippen LogP) is 2.32. The van der Waals surface area contributed by atoms with Gasteiger partial charge in [-0.2, -0.15) is 0 Å². The van der Waals surface area contributed by atoms with Crippen LogP contribution in [-0.4, -0.2) is 45.5 Å². The molecule has 9 heteroatoms. The van der Waals surface area contributed by atoms with Gasteiger partial charge < -0.3 is 4.74 Å². The van der Waals surface area contributed by atoms with Gasteiger partial charge in [-0.25, -0.2) is 17.9 Å². The number of methoxy groups -OCH3 is 1. The third-order valence-corrected chi connectivity index (χ3v) is 7.83. The van der Waals surface area contributed by atoms with E-state index in [1.165, 1.54) is 23.6 Å². The van der Waals surface area contributed by atoms with E-state index in [0.717, 1.165) is 30.8 Å². The molecule has 0 aliphatic carbocycles. The van der Waals surface area contributed by atoms with Crippen molar-refractivity contribution in [2.45, 2.75) is 30.8 Å². The van der Waals surface area contributed by atoms with Crippen LogP contribution in [0.1, 0.15) is 27.0 Å². The van der Waals surface area contributed by atoms with Crippen molar-refractivity contribution in [2.24, 2.45) is 0 Å². The Morgan fingerprint density at radius 3 is 2.88 bits per heavy atom. The molecule has 6 nitrogen and oxygen atoms in total. The van der Waals surface area contributed by atoms with E-state index < -0.39 is 16.0 Å². The van der Waals surface area contributed by atoms with Gasteiger partial charge in [-0.05, 0) is 41.8 Å². The molecule has 3 heterocycles. The minimum absolute atomic E-state index is 0.0182. The molecule has 0 fully saturated rings. The Kier molecular flexibility index (Phi) is 5.59. The van der Waals surface area contributed by atoms with Crippen molar-refractivity contribution in [1.29, 1.82) is 0 Å². The molecule has 2 aromatic rings. The lowest BCUT2D eigenvalue weighted by molar-refractivity contribution is 0.0602. The maximum Gasteiger partial charge on any atom is 0.349 e. The number of carbonyl (C=O) groups is 1. The molecule has 2 aromatic heterocycles. The Morgan fingerprint density at radius 2 is 2.12 bits per heavy atom. The minimum atomic E-state index is -3.75. The van der Waals surface area contributed by atoms with Crippen LogP contribution in [0.4, 0.5) is 0 Å². The van der Waals surface area contributed by atoms with E-state index in [0.29, 0.717) is 0 Å². The van der Waals surface area contributed by atoms with Crippen LogP contribution in [0.5, 0.6) is 0 Å². The summed E-state index contributed by atoms with van der Waals surface area (Å²) in [5, 5.41) is 3.68. The van der Waals surface area contributed by atoms with Crippen LogP contribution in [0.15, 0.2) is 27.8 Å². The van der Waals surface area contributed by atoms with E-state index in [2.05, 4.69) is 25.8 Å². The highest BCUT2D eigenvalue weighted by Gasteiger charge is 2.27. The first-order valence-corrected chi connectivity index (χ1v) is 11.1. The van der Waals surface area contributed by atoms with Crippen molar-refractivity contribution in [3.05, 3.63) is 38.2 Å². The molecular formula is C16H20N2O4S3. The third-order valence-electron chi connectivity index (χ3n) is 4.32. The number of nitrogens with one attached hydrogen (secondary N) is 1. The number of ether oxygens (including phenoxy) is 1. The summed E-state index contributed by atoms with van der Waals surface area (Å²) in [4.78, 5) is 15.5. The highest BCUT2D eigenvalue weighted by Crippen LogP contribution is 2.26. The largest absolute Gasteiger partial charge is 0.465 e. The Hall–Kier alpha value is -1.26. The SMILES string of the molecule is COC(=O)c1sccc1S(=O)(=O)NCC(C)N1CCc2sccc2C1. The maximum atomic E-state index is 12.5. The van der Waals surface area contributed by atoms with E-state index in [1.807, 2.05) is 6.92 Å². The Morgan fingerprint density at radius 1 is 1.36 bits per heavy atom. The molecule has 0 amide bonds. The molecule has 136 valence electrons. The molecule has 0 bridgehead atoms. The molecule has 1 atom stereocenters. The Labute approximate surface area is 155 Å². The monoisotopic (exact) mass is 400 g/mol. The van der Waals surface area contributed by atoms with Crippen molar-refractivity contribution in [2.75, 3.05) is 20.2 Å². The number of thiophene rings is 2. The summed E-state index contributed by atoms with van der Waals surface area (Å²) in [5.41, 5.74) is 1.33. The number of hydrogen-bond acceptors (Lipinski definition) is 7. The second kappa shape index (κ2) is 7.55. The van der Waals surface area contributed by atoms with Gasteiger partial charge in [-0.3, -0.25) is 4.90 Å². The number of esters is 1. The summed E-state index contributed by atoms with van der Waals surface area (Å²) in [5.74, 6) is -0.635. The molecule has 0 saturated carbocycles. The summed E-state index contributed by atoms with van der Waals surface area (Å²) in [7, 11) is -2.51. The van der Waals surface area contributed by atoms with Crippen LogP contribution >= 0.6 is 22.7 Å². The van der Waals surface area contributed by atoms with Crippen LogP contribution in [0.2, 0.25) is 0 Å². The Bertz CT molecular complexity index is 856. The summed E-state index contributed by atoms with van der Waals surface area (Å²) in [6.07, 6.45) is 1.00. The van der Waals surface area contributed by atoms with Crippen molar-refractivity contribution in [3.63, 3.8) is 0 Å². The number of sulfonamides is 1. The van der Waals surface area contributed by atoms with Crippen LogP contribution in [0.3, 0.4) is 0 Å². The fourth-order valence-electron chi connectivity index (χ4n) is 2.83. The van der Waals surface area contributed by atoms with Crippen molar-refractivity contribution in [1.82, 2.24) is 9.62 Å². The lowest BCUT2D eigenvalue weighted by Gasteiger charge is -2.32. The van der Waals surface area contributed by atoms with E-state index in [9.17, 15) is 13.2 Å². The summed E-state index contributed by atoms with van der Waals surface area (Å²) in [6, 6.07) is 3.63. The van der Waals surface area contributed by atoms with Gasteiger partial charge in [0.25, 0.3) is 0 Å². The molecule has 3 rings (SSSR count). The second-order valence-corrected chi connectivity index (χ2v) is 9.55. The van der Waals surface area contributed by atoms with Gasteiger partial charge in [0.15, 0.2) is 0 Å². The van der Waals surface area contributed by atoms with Crippen molar-refractivity contribution >= 4 is 38.7 Å². The number of hydrogen-bond donors (Lipinski definition) is 1. The van der Waals surface area contributed by atoms with Gasteiger partial charge in [0.1, 0.15) is 9.77 Å². The highest BCUT2D eigenvalue weighted by molar-refractivity contribution is 7.89. The molecule has 0 spiro atoms. The zero-order valence-electron chi connectivity index (χ0n) is 14.0. The fraction of sp³-hybridized carbons (Fsp3) is 0.438. The summed E-state index contributed by atoms with van der Waals surface area (Å²) < 4.78 is 32.4. The number of fused-ring (bicyclic) bond motifs is 1. The lowest BCUT2D eigenvalue weighted by atomic mass is 10.1. The minimum Gasteiger partial charge on any atom is -0.465 e. The molecule has 0 aromatic carbocycles. The highest BCUT2D eigenvalue weighted by atomic mass is 32.2. The molecule has 25 heavy (non-hydrogen) atoms. The molecule has 1 aliphatic rings. The van der Waals surface area contributed by atoms with Gasteiger partial charge in [0.2, 0.25) is 10.0 Å². The quantitative estimate of drug-likeness (QED) is 0.753. The summed E-state index contributed by atoms with van der Waals surface area (Å²) >= 11 is 2.84. The smallest absolute Gasteiger partial charge is 0.349 e. The predicted molar refractivity (Wildman–Crippen MR) is 98.7 cm³/mol. The molecule has 1 N–H and O–H groups in total. The first-order valence-electron chi connectivity index (χ1n) is 7.87. The van der Waals surface area contributed by atoms with Gasteiger partial charge in [-0.1, -0.05) is 0 Å². The number of carbonyl (C=O) groups excluding carboxylic acids is 1. The van der Waals surface area contributed by atoms with Crippen molar-refractivity contribution < 1.29 is 17.9 Å². The molecule has 0 radical (unpaired) electrons. The third kappa shape index (κ3) is 3.95. The van der Waals surface area contributed by atoms with E-state index in [4.69, 9.17) is 0 Å². The maximum absolute atomic E-state index is 12.5. The zero-order valence-corrected chi connectivity index (χ0v) is 16.5. The lowest BCUT2D eigenvalue weighted by Crippen LogP contribution is -2.44. The molecule has 1 aliphatic heterocycles. The average molecular weight is 401 g/mol. The molecular weight excluding hydrogens is 380 g/mol. The van der Waals surface area contributed by atoms with Gasteiger partial charge in [0.05, 0.1) is 7.11 Å². The van der Waals surface area contributed by atoms with Crippen molar-refractivity contribution in [3.8, 4) is 0 Å². The van der Waals surface area contributed by atoms with Gasteiger partial charge >= 0.3 is 5.97 Å². The molecule has 1 unspecified atom stereocenters. The topological polar surface area (TPSA) is 75.7 Å². The standard InChI is InChI=1S/C16H20N2O4S3/c1-11(18-6-3-13-12(10-18)4-7-23-13)9-17-25(20,21)14-5-8-24-15(14)16(19)22-2/h4-5,7-8,11,17H,3,6,9-10H2,1-2H3. The van der Waals surface area contributed by atoms with Crippen LogP contribution in [-0.2, 0) is 27.7 Å². The first kappa shape index (κ1) is 18.5. The number of rotatable bonds is 6. The van der Waals surface area contributed by atoms with E-state index in [1.54, 1.807) is 16.7 Å². The van der Waals surface area contributed by atoms with E-state index >= 15 is 0 Å². The first-order chi connectivity index (χ1) is 11.9. The fourth-order valence-corrected chi connectivity index (χ4v) is 6.18. The van der Waals surface area contributed by atoms with Crippen LogP contribution < -0.4 is 4.72 Å². The number of nitrogens with zero attached hydrogens (tertiary/aromatic N) is 1. The van der Waals surface area contributed by atoms with Crippen LogP contribution in [0.25, 0.3) is 0 Å². The average Bonchev–Trinajstić information content (AvgIpc) is 3.27. The van der Waals surface area contributed by atoms with Gasteiger partial charge in [0, 0.05) is 30.6 Å². The van der Waals surface area contributed by atoms with E-state index in [-0.39, 0.29) is 22.4 Å². The normalized spacial score (nSPS) is 16.4. The van der Waals surface area contributed by atoms with Gasteiger partial charge in [-0.15, -0.1) is 22.7 Å².